The van der Waals surface area contributed by atoms with Gasteiger partial charge in [0.05, 0.1) is 5.54 Å². The standard InChI is InChI=1S/C21H22F2N2O4/c1-12-8-13(2)10-15(9-12)19(27)25(20(3,4)5)24-18(26)14-6-7-16-17(11-14)29-21(22,23)28-16/h6-11H,1-5H3,(H,24,26). The highest BCUT2D eigenvalue weighted by molar-refractivity contribution is 6.00. The molecule has 6 nitrogen and oxygen atoms in total. The van der Waals surface area contributed by atoms with E-state index in [4.69, 9.17) is 0 Å². The predicted octanol–water partition coefficient (Wildman–Crippen LogP) is 4.21. The van der Waals surface area contributed by atoms with E-state index in [1.807, 2.05) is 19.9 Å². The summed E-state index contributed by atoms with van der Waals surface area (Å²) in [4.78, 5) is 25.8. The van der Waals surface area contributed by atoms with Crippen LogP contribution in [0.25, 0.3) is 0 Å². The monoisotopic (exact) mass is 404 g/mol. The average molecular weight is 404 g/mol. The fourth-order valence-electron chi connectivity index (χ4n) is 3.01. The number of rotatable bonds is 2. The third-order valence-electron chi connectivity index (χ3n) is 4.22. The molecule has 0 spiro atoms. The smallest absolute Gasteiger partial charge is 0.395 e. The van der Waals surface area contributed by atoms with Crippen molar-refractivity contribution in [3.05, 3.63) is 58.7 Å². The first-order valence-electron chi connectivity index (χ1n) is 8.99. The number of nitrogens with zero attached hydrogens (tertiary/aromatic N) is 1. The molecule has 3 rings (SSSR count). The molecule has 29 heavy (non-hydrogen) atoms. The molecular weight excluding hydrogens is 382 g/mol. The van der Waals surface area contributed by atoms with E-state index in [9.17, 15) is 18.4 Å². The molecule has 2 amide bonds. The number of hydrogen-bond acceptors (Lipinski definition) is 4. The van der Waals surface area contributed by atoms with Gasteiger partial charge in [-0.05, 0) is 65.0 Å². The number of hydrogen-bond donors (Lipinski definition) is 1. The molecule has 0 bridgehead atoms. The highest BCUT2D eigenvalue weighted by Gasteiger charge is 2.43. The second kappa shape index (κ2) is 7.02. The van der Waals surface area contributed by atoms with Gasteiger partial charge in [-0.2, -0.15) is 0 Å². The molecule has 0 atom stereocenters. The zero-order chi connectivity index (χ0) is 21.6. The number of alkyl halides is 2. The summed E-state index contributed by atoms with van der Waals surface area (Å²) in [6, 6.07) is 9.11. The first kappa shape index (κ1) is 20.6. The van der Waals surface area contributed by atoms with Crippen molar-refractivity contribution in [3.8, 4) is 11.5 Å². The molecule has 0 saturated heterocycles. The topological polar surface area (TPSA) is 67.9 Å². The van der Waals surface area contributed by atoms with Gasteiger partial charge in [0.1, 0.15) is 0 Å². The maximum Gasteiger partial charge on any atom is 0.586 e. The van der Waals surface area contributed by atoms with Crippen LogP contribution >= 0.6 is 0 Å². The van der Waals surface area contributed by atoms with Crippen molar-refractivity contribution in [1.29, 1.82) is 0 Å². The van der Waals surface area contributed by atoms with E-state index in [2.05, 4.69) is 14.9 Å². The molecule has 2 aromatic rings. The molecule has 0 aromatic heterocycles. The van der Waals surface area contributed by atoms with Crippen LogP contribution in [0.3, 0.4) is 0 Å². The lowest BCUT2D eigenvalue weighted by Crippen LogP contribution is -2.55. The highest BCUT2D eigenvalue weighted by atomic mass is 19.3. The van der Waals surface area contributed by atoms with E-state index in [1.54, 1.807) is 32.9 Å². The highest BCUT2D eigenvalue weighted by Crippen LogP contribution is 2.41. The number of carbonyl (C=O) groups is 2. The number of aryl methyl sites for hydroxylation is 2. The van der Waals surface area contributed by atoms with Crippen molar-refractivity contribution < 1.29 is 27.8 Å². The summed E-state index contributed by atoms with van der Waals surface area (Å²) in [5, 5.41) is 1.22. The summed E-state index contributed by atoms with van der Waals surface area (Å²) >= 11 is 0. The number of hydrazine groups is 1. The van der Waals surface area contributed by atoms with Crippen LogP contribution in [-0.4, -0.2) is 28.7 Å². The molecule has 0 radical (unpaired) electrons. The number of ether oxygens (including phenoxy) is 2. The molecule has 0 saturated carbocycles. The van der Waals surface area contributed by atoms with Crippen LogP contribution < -0.4 is 14.9 Å². The molecule has 2 aromatic carbocycles. The van der Waals surface area contributed by atoms with Crippen molar-refractivity contribution in [2.24, 2.45) is 0 Å². The number of benzene rings is 2. The van der Waals surface area contributed by atoms with Crippen LogP contribution in [0.4, 0.5) is 8.78 Å². The van der Waals surface area contributed by atoms with E-state index in [-0.39, 0.29) is 23.0 Å². The number of carbonyl (C=O) groups excluding carboxylic acids is 2. The average Bonchev–Trinajstić information content (AvgIpc) is 2.89. The van der Waals surface area contributed by atoms with Crippen molar-refractivity contribution >= 4 is 11.8 Å². The Kier molecular flexibility index (Phi) is 4.98. The Balaban J connectivity index is 1.86. The largest absolute Gasteiger partial charge is 0.586 e. The summed E-state index contributed by atoms with van der Waals surface area (Å²) in [6.45, 7) is 9.08. The Hall–Kier alpha value is -3.16. The summed E-state index contributed by atoms with van der Waals surface area (Å²) in [5.41, 5.74) is 4.17. The third-order valence-corrected chi connectivity index (χ3v) is 4.22. The first-order valence-corrected chi connectivity index (χ1v) is 8.99. The van der Waals surface area contributed by atoms with Gasteiger partial charge in [0, 0.05) is 11.1 Å². The van der Waals surface area contributed by atoms with Crippen LogP contribution in [0.2, 0.25) is 0 Å². The van der Waals surface area contributed by atoms with Gasteiger partial charge in [-0.15, -0.1) is 8.78 Å². The van der Waals surface area contributed by atoms with Gasteiger partial charge in [-0.25, -0.2) is 5.01 Å². The summed E-state index contributed by atoms with van der Waals surface area (Å²) < 4.78 is 35.1. The second-order valence-electron chi connectivity index (χ2n) is 7.96. The molecule has 0 unspecified atom stereocenters. The van der Waals surface area contributed by atoms with Crippen LogP contribution in [-0.2, 0) is 0 Å². The Bertz CT molecular complexity index is 963. The Morgan fingerprint density at radius 2 is 1.52 bits per heavy atom. The molecule has 1 heterocycles. The number of fused-ring (bicyclic) bond motifs is 1. The molecular formula is C21H22F2N2O4. The van der Waals surface area contributed by atoms with Crippen LogP contribution in [0.5, 0.6) is 11.5 Å². The normalized spacial score (nSPS) is 14.4. The predicted molar refractivity (Wildman–Crippen MR) is 102 cm³/mol. The minimum absolute atomic E-state index is 0.0486. The van der Waals surface area contributed by atoms with E-state index in [0.29, 0.717) is 5.56 Å². The Labute approximate surface area is 167 Å². The first-order chi connectivity index (χ1) is 13.4. The van der Waals surface area contributed by atoms with Crippen molar-refractivity contribution in [3.63, 3.8) is 0 Å². The van der Waals surface area contributed by atoms with Crippen molar-refractivity contribution in [2.75, 3.05) is 0 Å². The van der Waals surface area contributed by atoms with Crippen molar-refractivity contribution in [1.82, 2.24) is 10.4 Å². The maximum atomic E-state index is 13.2. The number of amides is 2. The zero-order valence-electron chi connectivity index (χ0n) is 16.8. The fourth-order valence-corrected chi connectivity index (χ4v) is 3.01. The summed E-state index contributed by atoms with van der Waals surface area (Å²) in [6.07, 6.45) is -3.77. The van der Waals surface area contributed by atoms with Gasteiger partial charge in [0.25, 0.3) is 11.8 Å². The summed E-state index contributed by atoms with van der Waals surface area (Å²) in [7, 11) is 0. The molecule has 1 N–H and O–H groups in total. The van der Waals surface area contributed by atoms with Crippen LogP contribution in [0, 0.1) is 13.8 Å². The lowest BCUT2D eigenvalue weighted by atomic mass is 10.0. The zero-order valence-corrected chi connectivity index (χ0v) is 16.8. The van der Waals surface area contributed by atoms with E-state index in [1.165, 1.54) is 17.1 Å². The number of halogens is 2. The van der Waals surface area contributed by atoms with Crippen LogP contribution in [0.1, 0.15) is 52.6 Å². The van der Waals surface area contributed by atoms with Gasteiger partial charge < -0.3 is 9.47 Å². The van der Waals surface area contributed by atoms with Gasteiger partial charge in [0.15, 0.2) is 11.5 Å². The van der Waals surface area contributed by atoms with E-state index < -0.39 is 17.7 Å². The van der Waals surface area contributed by atoms with Gasteiger partial charge in [0.2, 0.25) is 0 Å². The van der Waals surface area contributed by atoms with Gasteiger partial charge in [-0.1, -0.05) is 17.2 Å². The Morgan fingerprint density at radius 3 is 2.10 bits per heavy atom. The number of nitrogens with one attached hydrogen (secondary N) is 1. The van der Waals surface area contributed by atoms with Crippen molar-refractivity contribution in [2.45, 2.75) is 46.5 Å². The molecule has 8 heteroatoms. The second-order valence-corrected chi connectivity index (χ2v) is 7.96. The quantitative estimate of drug-likeness (QED) is 0.762. The van der Waals surface area contributed by atoms with Gasteiger partial charge >= 0.3 is 6.29 Å². The van der Waals surface area contributed by atoms with Crippen LogP contribution in [0.15, 0.2) is 36.4 Å². The maximum absolute atomic E-state index is 13.2. The molecule has 1 aliphatic heterocycles. The lowest BCUT2D eigenvalue weighted by molar-refractivity contribution is -0.286. The third kappa shape index (κ3) is 4.47. The molecule has 154 valence electrons. The molecule has 0 aliphatic carbocycles. The SMILES string of the molecule is Cc1cc(C)cc(C(=O)N(NC(=O)c2ccc3c(c2)OC(F)(F)O3)C(C)(C)C)c1. The van der Waals surface area contributed by atoms with E-state index >= 15 is 0 Å². The van der Waals surface area contributed by atoms with Gasteiger partial charge in [-0.3, -0.25) is 15.0 Å². The Morgan fingerprint density at radius 1 is 0.931 bits per heavy atom. The van der Waals surface area contributed by atoms with E-state index in [0.717, 1.165) is 17.2 Å². The fraction of sp³-hybridized carbons (Fsp3) is 0.333. The minimum Gasteiger partial charge on any atom is -0.395 e. The summed E-state index contributed by atoms with van der Waals surface area (Å²) in [5.74, 6) is -1.43. The minimum atomic E-state index is -3.77. The molecule has 1 aliphatic rings. The molecule has 0 fully saturated rings. The lowest BCUT2D eigenvalue weighted by Gasteiger charge is -2.35.